The molecule has 1 heterocycles. The number of anilines is 1. The van der Waals surface area contributed by atoms with Gasteiger partial charge in [0, 0.05) is 0 Å². The second-order valence-electron chi connectivity index (χ2n) is 8.03. The third-order valence-electron chi connectivity index (χ3n) is 5.63. The fourth-order valence-corrected chi connectivity index (χ4v) is 4.50. The van der Waals surface area contributed by atoms with E-state index in [4.69, 9.17) is 21.7 Å². The molecule has 1 saturated heterocycles. The second kappa shape index (κ2) is 10.4. The molecule has 0 atom stereocenters. The predicted molar refractivity (Wildman–Crippen MR) is 144 cm³/mol. The smallest absolute Gasteiger partial charge is 0.270 e. The van der Waals surface area contributed by atoms with Crippen LogP contribution in [0.4, 0.5) is 5.69 Å². The van der Waals surface area contributed by atoms with E-state index in [1.807, 2.05) is 12.1 Å². The number of ether oxygens (including phenoxy) is 2. The number of carbonyl (C=O) groups is 2. The van der Waals surface area contributed by atoms with Gasteiger partial charge in [0.25, 0.3) is 11.8 Å². The Bertz CT molecular complexity index is 1350. The summed E-state index contributed by atoms with van der Waals surface area (Å²) in [7, 11) is 1.54. The molecule has 35 heavy (non-hydrogen) atoms. The summed E-state index contributed by atoms with van der Waals surface area (Å²) in [4.78, 5) is 27.1. The molecule has 0 spiro atoms. The molecule has 0 radical (unpaired) electrons. The molecule has 0 bridgehead atoms. The highest BCUT2D eigenvalue weighted by Crippen LogP contribution is 2.38. The first-order valence-corrected chi connectivity index (χ1v) is 12.0. The van der Waals surface area contributed by atoms with E-state index in [0.29, 0.717) is 33.8 Å². The average Bonchev–Trinajstić information content (AvgIpc) is 2.83. The highest BCUT2D eigenvalue weighted by molar-refractivity contribution is 9.10. The lowest BCUT2D eigenvalue weighted by molar-refractivity contribution is -0.122. The summed E-state index contributed by atoms with van der Waals surface area (Å²) in [5.41, 5.74) is 4.57. The zero-order valence-corrected chi connectivity index (χ0v) is 21.8. The summed E-state index contributed by atoms with van der Waals surface area (Å²) < 4.78 is 12.2. The number of halogens is 1. The lowest BCUT2D eigenvalue weighted by atomic mass is 10.1. The summed E-state index contributed by atoms with van der Waals surface area (Å²) >= 11 is 8.79. The number of methoxy groups -OCH3 is 1. The molecule has 4 rings (SSSR count). The van der Waals surface area contributed by atoms with Gasteiger partial charge in [0.2, 0.25) is 0 Å². The zero-order valence-electron chi connectivity index (χ0n) is 19.4. The highest BCUT2D eigenvalue weighted by atomic mass is 79.9. The average molecular weight is 551 g/mol. The van der Waals surface area contributed by atoms with Crippen molar-refractivity contribution in [3.05, 3.63) is 93.0 Å². The van der Waals surface area contributed by atoms with E-state index in [1.54, 1.807) is 36.4 Å². The summed E-state index contributed by atoms with van der Waals surface area (Å²) in [6.07, 6.45) is 1.51. The number of aryl methyl sites for hydroxylation is 2. The third kappa shape index (κ3) is 5.28. The zero-order chi connectivity index (χ0) is 25.1. The number of hydrogen-bond donors (Lipinski definition) is 1. The monoisotopic (exact) mass is 550 g/mol. The van der Waals surface area contributed by atoms with Crippen molar-refractivity contribution in [3.8, 4) is 11.5 Å². The van der Waals surface area contributed by atoms with E-state index < -0.39 is 11.8 Å². The maximum atomic E-state index is 13.2. The molecule has 2 amide bonds. The van der Waals surface area contributed by atoms with E-state index in [1.165, 1.54) is 29.2 Å². The number of nitrogens with one attached hydrogen (secondary N) is 1. The van der Waals surface area contributed by atoms with Gasteiger partial charge in [-0.2, -0.15) is 0 Å². The van der Waals surface area contributed by atoms with Crippen LogP contribution in [0.2, 0.25) is 0 Å². The first-order valence-electron chi connectivity index (χ1n) is 10.8. The Balaban J connectivity index is 1.63. The Morgan fingerprint density at radius 1 is 1.03 bits per heavy atom. The Labute approximate surface area is 217 Å². The van der Waals surface area contributed by atoms with Crippen LogP contribution in [0.15, 0.2) is 70.7 Å². The number of nitrogens with zero attached hydrogens (tertiary/aromatic N) is 1. The van der Waals surface area contributed by atoms with Crippen molar-refractivity contribution in [1.29, 1.82) is 0 Å². The molecule has 1 N–H and O–H groups in total. The molecular weight excluding hydrogens is 528 g/mol. The van der Waals surface area contributed by atoms with Gasteiger partial charge in [0.15, 0.2) is 16.6 Å². The lowest BCUT2D eigenvalue weighted by Gasteiger charge is -2.28. The molecule has 8 heteroatoms. The molecule has 0 aliphatic carbocycles. The van der Waals surface area contributed by atoms with E-state index in [0.717, 1.165) is 5.56 Å². The second-order valence-corrected chi connectivity index (χ2v) is 9.28. The van der Waals surface area contributed by atoms with Crippen molar-refractivity contribution in [2.24, 2.45) is 0 Å². The van der Waals surface area contributed by atoms with Crippen LogP contribution < -0.4 is 19.7 Å². The van der Waals surface area contributed by atoms with Crippen LogP contribution in [0.3, 0.4) is 0 Å². The van der Waals surface area contributed by atoms with E-state index >= 15 is 0 Å². The molecule has 1 aliphatic rings. The Hall–Kier alpha value is -3.49. The summed E-state index contributed by atoms with van der Waals surface area (Å²) in [6.45, 7) is 4.49. The van der Waals surface area contributed by atoms with Gasteiger partial charge in [0.05, 0.1) is 17.3 Å². The summed E-state index contributed by atoms with van der Waals surface area (Å²) in [5.74, 6) is -0.0685. The number of rotatable bonds is 6. The molecule has 0 saturated carbocycles. The van der Waals surface area contributed by atoms with E-state index in [2.05, 4.69) is 47.2 Å². The molecule has 0 aromatic heterocycles. The van der Waals surface area contributed by atoms with E-state index in [-0.39, 0.29) is 10.7 Å². The molecule has 6 nitrogen and oxygen atoms in total. The highest BCUT2D eigenvalue weighted by Gasteiger charge is 2.34. The molecular formula is C27H23BrN2O4S. The summed E-state index contributed by atoms with van der Waals surface area (Å²) in [6, 6.07) is 18.6. The minimum atomic E-state index is -0.558. The van der Waals surface area contributed by atoms with Crippen molar-refractivity contribution in [2.45, 2.75) is 20.5 Å². The number of amides is 2. The topological polar surface area (TPSA) is 67.9 Å². The van der Waals surface area contributed by atoms with Crippen LogP contribution in [0.25, 0.3) is 6.08 Å². The largest absolute Gasteiger partial charge is 0.493 e. The lowest BCUT2D eigenvalue weighted by Crippen LogP contribution is -2.54. The number of benzene rings is 3. The molecule has 3 aromatic carbocycles. The normalized spacial score (nSPS) is 14.8. The quantitative estimate of drug-likeness (QED) is 0.250. The van der Waals surface area contributed by atoms with Gasteiger partial charge in [-0.05, 0) is 94.6 Å². The third-order valence-corrected chi connectivity index (χ3v) is 6.51. The Kier molecular flexibility index (Phi) is 7.33. The molecule has 1 aliphatic heterocycles. The number of para-hydroxylation sites is 1. The van der Waals surface area contributed by atoms with Crippen LogP contribution in [-0.2, 0) is 16.2 Å². The number of carbonyl (C=O) groups excluding carboxylic acids is 2. The first kappa shape index (κ1) is 24.6. The Morgan fingerprint density at radius 2 is 1.77 bits per heavy atom. The van der Waals surface area contributed by atoms with Gasteiger partial charge in [-0.3, -0.25) is 19.8 Å². The van der Waals surface area contributed by atoms with Gasteiger partial charge >= 0.3 is 0 Å². The van der Waals surface area contributed by atoms with Crippen LogP contribution in [0, 0.1) is 13.8 Å². The van der Waals surface area contributed by atoms with Crippen LogP contribution >= 0.6 is 28.1 Å². The molecule has 178 valence electrons. The maximum absolute atomic E-state index is 13.2. The van der Waals surface area contributed by atoms with Gasteiger partial charge < -0.3 is 9.47 Å². The first-order chi connectivity index (χ1) is 16.8. The fraction of sp³-hybridized carbons (Fsp3) is 0.148. The van der Waals surface area contributed by atoms with Crippen LogP contribution in [-0.4, -0.2) is 24.0 Å². The Morgan fingerprint density at radius 3 is 2.46 bits per heavy atom. The van der Waals surface area contributed by atoms with Crippen LogP contribution in [0.1, 0.15) is 22.3 Å². The van der Waals surface area contributed by atoms with Gasteiger partial charge in [-0.1, -0.05) is 36.4 Å². The number of hydrogen-bond acceptors (Lipinski definition) is 5. The van der Waals surface area contributed by atoms with Crippen molar-refractivity contribution in [1.82, 2.24) is 5.32 Å². The maximum Gasteiger partial charge on any atom is 0.270 e. The standard InChI is InChI=1S/C27H23BrN2O4S/c1-16-9-10-18(11-17(16)2)15-34-24-22(28)13-19(14-23(24)33-3)12-21-25(31)29-27(35)30(26(21)32)20-7-5-4-6-8-20/h4-14H,15H2,1-3H3,(H,29,31,35)/b21-12-. The van der Waals surface area contributed by atoms with Crippen LogP contribution in [0.5, 0.6) is 11.5 Å². The molecule has 1 fully saturated rings. The molecule has 3 aromatic rings. The molecule has 0 unspecified atom stereocenters. The SMILES string of the molecule is COc1cc(/C=C2/C(=O)NC(=S)N(c3ccccc3)C2=O)cc(Br)c1OCc1ccc(C)c(C)c1. The van der Waals surface area contributed by atoms with Gasteiger partial charge in [-0.25, -0.2) is 0 Å². The van der Waals surface area contributed by atoms with Crippen molar-refractivity contribution in [2.75, 3.05) is 12.0 Å². The van der Waals surface area contributed by atoms with E-state index in [9.17, 15) is 9.59 Å². The van der Waals surface area contributed by atoms with Crippen molar-refractivity contribution < 1.29 is 19.1 Å². The van der Waals surface area contributed by atoms with Crippen molar-refractivity contribution >= 4 is 56.8 Å². The summed E-state index contributed by atoms with van der Waals surface area (Å²) in [5, 5.41) is 2.63. The van der Waals surface area contributed by atoms with Gasteiger partial charge in [0.1, 0.15) is 12.2 Å². The number of thiocarbonyl (C=S) groups is 1. The predicted octanol–water partition coefficient (Wildman–Crippen LogP) is 5.48. The fourth-order valence-electron chi connectivity index (χ4n) is 3.65. The minimum Gasteiger partial charge on any atom is -0.493 e. The van der Waals surface area contributed by atoms with Crippen molar-refractivity contribution in [3.63, 3.8) is 0 Å². The van der Waals surface area contributed by atoms with Gasteiger partial charge in [-0.15, -0.1) is 0 Å². The minimum absolute atomic E-state index is 0.0391.